The molecule has 2 saturated carbocycles. The van der Waals surface area contributed by atoms with Gasteiger partial charge in [0.05, 0.1) is 6.61 Å². The van der Waals surface area contributed by atoms with Crippen LogP contribution in [0.25, 0.3) is 0 Å². The topological polar surface area (TPSA) is 60.2 Å². The van der Waals surface area contributed by atoms with Crippen molar-refractivity contribution in [3.63, 3.8) is 0 Å². The van der Waals surface area contributed by atoms with Gasteiger partial charge in [-0.2, -0.15) is 4.98 Å². The average Bonchev–Trinajstić information content (AvgIpc) is 3.14. The fourth-order valence-corrected chi connectivity index (χ4v) is 3.95. The predicted molar refractivity (Wildman–Crippen MR) is 75.5 cm³/mol. The molecule has 2 aliphatic carbocycles. The van der Waals surface area contributed by atoms with Crippen molar-refractivity contribution < 1.29 is 9.26 Å². The van der Waals surface area contributed by atoms with Crippen LogP contribution in [-0.2, 0) is 11.2 Å². The van der Waals surface area contributed by atoms with Gasteiger partial charge in [0.25, 0.3) is 0 Å². The summed E-state index contributed by atoms with van der Waals surface area (Å²) in [5, 5.41) is 7.62. The van der Waals surface area contributed by atoms with Gasteiger partial charge in [-0.15, -0.1) is 0 Å². The van der Waals surface area contributed by atoms with Gasteiger partial charge in [-0.25, -0.2) is 0 Å². The molecule has 2 fully saturated rings. The first-order valence-corrected chi connectivity index (χ1v) is 7.85. The highest BCUT2D eigenvalue weighted by Gasteiger charge is 2.42. The normalized spacial score (nSPS) is 30.0. The number of hydrogen-bond acceptors (Lipinski definition) is 5. The van der Waals surface area contributed by atoms with Gasteiger partial charge >= 0.3 is 0 Å². The molecule has 112 valence electrons. The summed E-state index contributed by atoms with van der Waals surface area (Å²) in [6.07, 6.45) is 6.14. The number of ether oxygens (including phenoxy) is 1. The van der Waals surface area contributed by atoms with E-state index >= 15 is 0 Å². The molecule has 5 heteroatoms. The summed E-state index contributed by atoms with van der Waals surface area (Å²) in [6.45, 7) is 3.68. The van der Waals surface area contributed by atoms with Crippen molar-refractivity contribution in [2.75, 3.05) is 20.3 Å². The van der Waals surface area contributed by atoms with E-state index in [-0.39, 0.29) is 6.04 Å². The van der Waals surface area contributed by atoms with Crippen molar-refractivity contribution in [1.29, 1.82) is 0 Å². The van der Waals surface area contributed by atoms with Crippen molar-refractivity contribution in [2.24, 2.45) is 11.8 Å². The molecule has 0 radical (unpaired) electrons. The Morgan fingerprint density at radius 3 is 2.95 bits per heavy atom. The molecule has 0 aliphatic heterocycles. The van der Waals surface area contributed by atoms with E-state index < -0.39 is 0 Å². The molecule has 2 bridgehead atoms. The van der Waals surface area contributed by atoms with Crippen LogP contribution in [-0.4, -0.2) is 36.4 Å². The summed E-state index contributed by atoms with van der Waals surface area (Å²) in [6, 6.07) is 0.248. The molecule has 1 aromatic heterocycles. The quantitative estimate of drug-likeness (QED) is 0.828. The van der Waals surface area contributed by atoms with Crippen molar-refractivity contribution in [3.05, 3.63) is 11.7 Å². The number of hydrogen-bond donors (Lipinski definition) is 1. The number of fused-ring (bicyclic) bond motifs is 2. The molecule has 1 aromatic rings. The minimum absolute atomic E-state index is 0.248. The summed E-state index contributed by atoms with van der Waals surface area (Å²) in [5.41, 5.74) is 0. The number of aromatic nitrogens is 2. The first-order valence-electron chi connectivity index (χ1n) is 7.85. The lowest BCUT2D eigenvalue weighted by Gasteiger charge is -2.17. The van der Waals surface area contributed by atoms with Gasteiger partial charge < -0.3 is 14.6 Å². The third kappa shape index (κ3) is 2.88. The van der Waals surface area contributed by atoms with Gasteiger partial charge in [-0.05, 0) is 37.6 Å². The largest absolute Gasteiger partial charge is 0.383 e. The number of nitrogens with zero attached hydrogens (tertiary/aromatic N) is 2. The molecule has 4 unspecified atom stereocenters. The smallest absolute Gasteiger partial charge is 0.228 e. The van der Waals surface area contributed by atoms with E-state index in [1.165, 1.54) is 25.7 Å². The Bertz CT molecular complexity index is 429. The molecule has 0 spiro atoms. The second-order valence-electron chi connectivity index (χ2n) is 6.24. The Kier molecular flexibility index (Phi) is 4.36. The van der Waals surface area contributed by atoms with Gasteiger partial charge in [-0.3, -0.25) is 0 Å². The molecule has 0 amide bonds. The molecule has 4 atom stereocenters. The Morgan fingerprint density at radius 2 is 2.30 bits per heavy atom. The van der Waals surface area contributed by atoms with E-state index in [2.05, 4.69) is 22.4 Å². The van der Waals surface area contributed by atoms with Crippen LogP contribution >= 0.6 is 0 Å². The molecule has 1 N–H and O–H groups in total. The van der Waals surface area contributed by atoms with Crippen LogP contribution in [0, 0.1) is 11.8 Å². The third-order valence-corrected chi connectivity index (χ3v) is 4.84. The zero-order valence-corrected chi connectivity index (χ0v) is 12.5. The number of methoxy groups -OCH3 is 1. The Balaban J connectivity index is 1.61. The second kappa shape index (κ2) is 6.22. The van der Waals surface area contributed by atoms with E-state index in [4.69, 9.17) is 9.26 Å². The first-order chi connectivity index (χ1) is 9.80. The average molecular weight is 279 g/mol. The molecule has 0 aromatic carbocycles. The summed E-state index contributed by atoms with van der Waals surface area (Å²) in [5.74, 6) is 3.95. The third-order valence-electron chi connectivity index (χ3n) is 4.84. The highest BCUT2D eigenvalue weighted by molar-refractivity contribution is 5.06. The molecule has 3 rings (SSSR count). The highest BCUT2D eigenvalue weighted by Crippen LogP contribution is 2.52. The Morgan fingerprint density at radius 1 is 1.40 bits per heavy atom. The van der Waals surface area contributed by atoms with Crippen LogP contribution < -0.4 is 5.32 Å². The summed E-state index contributed by atoms with van der Waals surface area (Å²) in [7, 11) is 1.72. The monoisotopic (exact) mass is 279 g/mol. The highest BCUT2D eigenvalue weighted by atomic mass is 16.5. The van der Waals surface area contributed by atoms with E-state index in [0.29, 0.717) is 12.5 Å². The van der Waals surface area contributed by atoms with Crippen LogP contribution in [0.2, 0.25) is 0 Å². The first kappa shape index (κ1) is 14.0. The maximum absolute atomic E-state index is 5.45. The summed E-state index contributed by atoms with van der Waals surface area (Å²) in [4.78, 5) is 4.64. The molecule has 20 heavy (non-hydrogen) atoms. The Labute approximate surface area is 120 Å². The van der Waals surface area contributed by atoms with Crippen LogP contribution in [0.15, 0.2) is 4.52 Å². The molecule has 1 heterocycles. The van der Waals surface area contributed by atoms with Gasteiger partial charge in [0.1, 0.15) is 0 Å². The van der Waals surface area contributed by atoms with Crippen LogP contribution in [0.1, 0.15) is 50.2 Å². The van der Waals surface area contributed by atoms with Crippen LogP contribution in [0.4, 0.5) is 0 Å². The molecule has 5 nitrogen and oxygen atoms in total. The van der Waals surface area contributed by atoms with Crippen LogP contribution in [0.5, 0.6) is 0 Å². The molecular formula is C15H25N3O2. The van der Waals surface area contributed by atoms with Crippen molar-refractivity contribution in [3.8, 4) is 0 Å². The van der Waals surface area contributed by atoms with E-state index in [1.807, 2.05) is 0 Å². The molecule has 2 aliphatic rings. The van der Waals surface area contributed by atoms with E-state index in [9.17, 15) is 0 Å². The van der Waals surface area contributed by atoms with E-state index in [0.717, 1.165) is 36.5 Å². The number of rotatable bonds is 7. The maximum atomic E-state index is 5.45. The van der Waals surface area contributed by atoms with Gasteiger partial charge in [-0.1, -0.05) is 18.5 Å². The second-order valence-corrected chi connectivity index (χ2v) is 6.24. The van der Waals surface area contributed by atoms with Crippen molar-refractivity contribution >= 4 is 0 Å². The van der Waals surface area contributed by atoms with Gasteiger partial charge in [0.15, 0.2) is 5.82 Å². The summed E-state index contributed by atoms with van der Waals surface area (Å²) >= 11 is 0. The predicted octanol–water partition coefficient (Wildman–Crippen LogP) is 2.14. The SMILES string of the molecule is CCNC(COC)Cc1nc(C2CC3CCC2C3)no1. The molecule has 0 saturated heterocycles. The van der Waals surface area contributed by atoms with E-state index in [1.54, 1.807) is 7.11 Å². The van der Waals surface area contributed by atoms with Gasteiger partial charge in [0, 0.05) is 25.5 Å². The Hall–Kier alpha value is -0.940. The number of nitrogens with one attached hydrogen (secondary N) is 1. The lowest BCUT2D eigenvalue weighted by atomic mass is 9.88. The zero-order valence-electron chi connectivity index (χ0n) is 12.5. The minimum atomic E-state index is 0.248. The van der Waals surface area contributed by atoms with Crippen molar-refractivity contribution in [2.45, 2.75) is 51.0 Å². The maximum Gasteiger partial charge on any atom is 0.228 e. The summed E-state index contributed by atoms with van der Waals surface area (Å²) < 4.78 is 10.7. The van der Waals surface area contributed by atoms with Gasteiger partial charge in [0.2, 0.25) is 5.89 Å². The standard InChI is InChI=1S/C15H25N3O2/c1-3-16-12(9-19-2)8-14-17-15(18-20-14)13-7-10-4-5-11(13)6-10/h10-13,16H,3-9H2,1-2H3. The fraction of sp³-hybridized carbons (Fsp3) is 0.867. The lowest BCUT2D eigenvalue weighted by Crippen LogP contribution is -2.35. The van der Waals surface area contributed by atoms with Crippen LogP contribution in [0.3, 0.4) is 0 Å². The minimum Gasteiger partial charge on any atom is -0.383 e. The zero-order chi connectivity index (χ0) is 13.9. The number of likely N-dealkylation sites (N-methyl/N-ethyl adjacent to an activating group) is 1. The van der Waals surface area contributed by atoms with Crippen molar-refractivity contribution in [1.82, 2.24) is 15.5 Å². The fourth-order valence-electron chi connectivity index (χ4n) is 3.95. The lowest BCUT2D eigenvalue weighted by molar-refractivity contribution is 0.162. The molecular weight excluding hydrogens is 254 g/mol.